The van der Waals surface area contributed by atoms with Gasteiger partial charge in [-0.25, -0.2) is 4.39 Å². The van der Waals surface area contributed by atoms with E-state index in [-0.39, 0.29) is 0 Å². The highest BCUT2D eigenvalue weighted by Gasteiger charge is 2.47. The maximum absolute atomic E-state index is 6.26. The Labute approximate surface area is 106 Å². The van der Waals surface area contributed by atoms with Crippen molar-refractivity contribution in [1.82, 2.24) is 4.39 Å². The molecule has 0 aliphatic heterocycles. The Morgan fingerprint density at radius 3 is 1.50 bits per heavy atom. The molecule has 0 rings (SSSR count). The van der Waals surface area contributed by atoms with E-state index in [1.54, 1.807) is 0 Å². The summed E-state index contributed by atoms with van der Waals surface area (Å²) in [6.45, 7) is 23.6. The molecule has 0 spiro atoms. The van der Waals surface area contributed by atoms with Crippen molar-refractivity contribution in [2.24, 2.45) is 0 Å². The molecule has 0 saturated heterocycles. The van der Waals surface area contributed by atoms with E-state index in [1.165, 1.54) is 0 Å². The first-order chi connectivity index (χ1) is 6.80. The number of hydrogen-bond donors (Lipinski definition) is 0. The van der Waals surface area contributed by atoms with Crippen LogP contribution >= 0.6 is 0 Å². The lowest BCUT2D eigenvalue weighted by Gasteiger charge is -2.51. The number of nitrogens with zero attached hydrogens (tertiary/aromatic N) is 1. The van der Waals surface area contributed by atoms with Crippen LogP contribution in [0.3, 0.4) is 0 Å². The molecule has 5 heteroatoms. The van der Waals surface area contributed by atoms with Gasteiger partial charge in [-0.15, -0.1) is 0 Å². The molecule has 0 aromatic rings. The molecule has 0 N–H and O–H groups in total. The molecule has 0 amide bonds. The van der Waals surface area contributed by atoms with Crippen LogP contribution in [0.15, 0.2) is 0 Å². The second kappa shape index (κ2) is 5.06. The third-order valence-corrected chi connectivity index (χ3v) is 13.9. The van der Waals surface area contributed by atoms with Gasteiger partial charge in [0.05, 0.1) is 0 Å². The fraction of sp³-hybridized carbons (Fsp3) is 1.00. The van der Waals surface area contributed by atoms with E-state index >= 15 is 0 Å². The van der Waals surface area contributed by atoms with Gasteiger partial charge in [-0.2, -0.15) is 0 Å². The third-order valence-electron chi connectivity index (χ3n) is 3.23. The molecule has 0 aromatic carbocycles. The Hall–Kier alpha value is 0.571. The second-order valence-corrected chi connectivity index (χ2v) is 19.5. The van der Waals surface area contributed by atoms with E-state index in [2.05, 4.69) is 71.0 Å². The van der Waals surface area contributed by atoms with Crippen molar-refractivity contribution in [2.75, 3.05) is 0 Å². The predicted octanol–water partition coefficient (Wildman–Crippen LogP) is 4.31. The van der Waals surface area contributed by atoms with Crippen LogP contribution in [-0.2, 0) is 4.53 Å². The highest BCUT2D eigenvalue weighted by molar-refractivity contribution is 6.91. The van der Waals surface area contributed by atoms with Crippen LogP contribution in [0.5, 0.6) is 0 Å². The van der Waals surface area contributed by atoms with Gasteiger partial charge in [-0.05, 0) is 18.1 Å². The van der Waals surface area contributed by atoms with Crippen molar-refractivity contribution in [1.29, 1.82) is 0 Å². The van der Waals surface area contributed by atoms with Gasteiger partial charge in [-0.3, -0.25) is 0 Å². The first kappa shape index (κ1) is 16.6. The topological polar surface area (TPSA) is 12.5 Å². The molecule has 0 bridgehead atoms. The summed E-state index contributed by atoms with van der Waals surface area (Å²) < 4.78 is 8.75. The van der Waals surface area contributed by atoms with E-state index in [4.69, 9.17) is 4.53 Å². The van der Waals surface area contributed by atoms with Crippen LogP contribution in [0.25, 0.3) is 0 Å². The first-order valence-corrected chi connectivity index (χ1v) is 14.9. The fourth-order valence-electron chi connectivity index (χ4n) is 1.58. The van der Waals surface area contributed by atoms with Crippen LogP contribution < -0.4 is 0 Å². The molecule has 0 unspecified atom stereocenters. The van der Waals surface area contributed by atoms with Crippen molar-refractivity contribution in [2.45, 2.75) is 71.6 Å². The summed E-state index contributed by atoms with van der Waals surface area (Å²) in [4.78, 5) is 0. The minimum absolute atomic E-state index is 0.352. The quantitative estimate of drug-likeness (QED) is 0.560. The molecule has 2 nitrogen and oxygen atoms in total. The van der Waals surface area contributed by atoms with Gasteiger partial charge in [0, 0.05) is 0 Å². The summed E-state index contributed by atoms with van der Waals surface area (Å²) in [7, 11) is -3.59. The van der Waals surface area contributed by atoms with E-state index in [1.807, 2.05) is 0 Å². The van der Waals surface area contributed by atoms with E-state index in [0.29, 0.717) is 5.04 Å². The summed E-state index contributed by atoms with van der Waals surface area (Å²) in [6, 6.07) is 0. The SMILES string of the molecule is C[Si](C)ON([Si](C)(C)C)[Si](C)(C)C(C)(C)C. The lowest BCUT2D eigenvalue weighted by Crippen LogP contribution is -2.65. The van der Waals surface area contributed by atoms with Crippen molar-refractivity contribution in [3.8, 4) is 0 Å². The molecule has 16 heavy (non-hydrogen) atoms. The fourth-order valence-corrected chi connectivity index (χ4v) is 13.4. The van der Waals surface area contributed by atoms with Crippen molar-refractivity contribution >= 4 is 25.5 Å². The van der Waals surface area contributed by atoms with Crippen LogP contribution in [0, 0.1) is 0 Å². The predicted molar refractivity (Wildman–Crippen MR) is 80.9 cm³/mol. The lowest BCUT2D eigenvalue weighted by molar-refractivity contribution is 0.0983. The van der Waals surface area contributed by atoms with Gasteiger partial charge in [0.25, 0.3) is 0 Å². The van der Waals surface area contributed by atoms with Crippen LogP contribution in [0.1, 0.15) is 20.8 Å². The Morgan fingerprint density at radius 2 is 1.31 bits per heavy atom. The molecule has 0 heterocycles. The van der Waals surface area contributed by atoms with Crippen molar-refractivity contribution < 1.29 is 4.53 Å². The Morgan fingerprint density at radius 1 is 0.938 bits per heavy atom. The van der Waals surface area contributed by atoms with Crippen molar-refractivity contribution in [3.05, 3.63) is 0 Å². The highest BCUT2D eigenvalue weighted by atomic mass is 28.4. The monoisotopic (exact) mass is 276 g/mol. The van der Waals surface area contributed by atoms with E-state index < -0.39 is 25.5 Å². The van der Waals surface area contributed by atoms with Gasteiger partial charge in [0.2, 0.25) is 9.04 Å². The average molecular weight is 277 g/mol. The molecule has 0 aliphatic rings. The smallest absolute Gasteiger partial charge is 0.233 e. The van der Waals surface area contributed by atoms with E-state index in [9.17, 15) is 0 Å². The zero-order chi connectivity index (χ0) is 13.4. The molecule has 0 aromatic heterocycles. The first-order valence-electron chi connectivity index (χ1n) is 6.08. The Balaban J connectivity index is 5.19. The van der Waals surface area contributed by atoms with Crippen LogP contribution in [0.2, 0.25) is 50.9 Å². The summed E-state index contributed by atoms with van der Waals surface area (Å²) in [5.41, 5.74) is 0. The minimum atomic E-state index is -1.53. The molecular formula is C11H30NOSi3. The largest absolute Gasteiger partial charge is 0.357 e. The molecule has 97 valence electrons. The van der Waals surface area contributed by atoms with Gasteiger partial charge in [0.1, 0.15) is 16.5 Å². The Kier molecular flexibility index (Phi) is 5.24. The maximum Gasteiger partial charge on any atom is 0.233 e. The standard InChI is InChI=1S/C11H30NOSi3/c1-11(2,3)16(9,10)12(13-14(4)5)15(6,7)8/h1-10H3. The lowest BCUT2D eigenvalue weighted by atomic mass is 10.2. The van der Waals surface area contributed by atoms with Crippen LogP contribution in [-0.4, -0.2) is 29.9 Å². The van der Waals surface area contributed by atoms with Gasteiger partial charge in [-0.1, -0.05) is 53.5 Å². The molecule has 0 fully saturated rings. The third kappa shape index (κ3) is 4.10. The number of rotatable bonds is 4. The van der Waals surface area contributed by atoms with Gasteiger partial charge in [0.15, 0.2) is 0 Å². The number of hydrogen-bond acceptors (Lipinski definition) is 2. The molecule has 0 aliphatic carbocycles. The zero-order valence-electron chi connectivity index (χ0n) is 12.9. The molecule has 0 atom stereocenters. The average Bonchev–Trinajstić information content (AvgIpc) is 1.95. The summed E-state index contributed by atoms with van der Waals surface area (Å²) >= 11 is 0. The summed E-state index contributed by atoms with van der Waals surface area (Å²) in [6.07, 6.45) is 0. The summed E-state index contributed by atoms with van der Waals surface area (Å²) in [5.74, 6) is 0. The summed E-state index contributed by atoms with van der Waals surface area (Å²) in [5, 5.41) is 0.352. The normalized spacial score (nSPS) is 15.0. The van der Waals surface area contributed by atoms with Crippen LogP contribution in [0.4, 0.5) is 0 Å². The highest BCUT2D eigenvalue weighted by Crippen LogP contribution is 2.40. The van der Waals surface area contributed by atoms with Crippen molar-refractivity contribution in [3.63, 3.8) is 0 Å². The molecule has 0 saturated carbocycles. The van der Waals surface area contributed by atoms with E-state index in [0.717, 1.165) is 0 Å². The zero-order valence-corrected chi connectivity index (χ0v) is 15.9. The van der Waals surface area contributed by atoms with Gasteiger partial charge < -0.3 is 4.53 Å². The maximum atomic E-state index is 6.26. The molecule has 1 radical (unpaired) electrons. The second-order valence-electron chi connectivity index (χ2n) is 7.27. The minimum Gasteiger partial charge on any atom is -0.357 e. The molecular weight excluding hydrogens is 246 g/mol. The Bertz CT molecular complexity index is 228. The van der Waals surface area contributed by atoms with Gasteiger partial charge >= 0.3 is 0 Å².